The summed E-state index contributed by atoms with van der Waals surface area (Å²) in [5, 5.41) is 10.0. The van der Waals surface area contributed by atoms with E-state index in [2.05, 4.69) is 18.7 Å². The van der Waals surface area contributed by atoms with Crippen molar-refractivity contribution < 1.29 is 9.84 Å². The summed E-state index contributed by atoms with van der Waals surface area (Å²) < 4.78 is 5.68. The van der Waals surface area contributed by atoms with Crippen molar-refractivity contribution in [2.75, 3.05) is 13.1 Å². The number of ether oxygens (including phenoxy) is 1. The highest BCUT2D eigenvalue weighted by molar-refractivity contribution is 5.00. The molecule has 0 bridgehead atoms. The van der Waals surface area contributed by atoms with Crippen LogP contribution in [-0.2, 0) is 4.74 Å². The minimum absolute atomic E-state index is 0.301. The maximum Gasteiger partial charge on any atom is 0.0774 e. The molecule has 2 rings (SSSR count). The molecule has 3 heteroatoms. The van der Waals surface area contributed by atoms with Crippen LogP contribution >= 0.6 is 0 Å². The summed E-state index contributed by atoms with van der Waals surface area (Å²) in [5.41, 5.74) is -0.462. The van der Waals surface area contributed by atoms with Gasteiger partial charge in [-0.2, -0.15) is 0 Å². The topological polar surface area (TPSA) is 32.7 Å². The Bertz CT molecular complexity index is 207. The summed E-state index contributed by atoms with van der Waals surface area (Å²) in [6, 6.07) is 0.358. The number of hydrogen-bond acceptors (Lipinski definition) is 3. The zero-order valence-corrected chi connectivity index (χ0v) is 9.36. The van der Waals surface area contributed by atoms with Gasteiger partial charge < -0.3 is 9.84 Å². The maximum absolute atomic E-state index is 10.0. The van der Waals surface area contributed by atoms with E-state index in [4.69, 9.17) is 4.74 Å². The Labute approximate surface area is 86.0 Å². The van der Waals surface area contributed by atoms with E-state index in [-0.39, 0.29) is 0 Å². The molecule has 82 valence electrons. The van der Waals surface area contributed by atoms with E-state index in [9.17, 15) is 5.11 Å². The first kappa shape index (κ1) is 10.4. The van der Waals surface area contributed by atoms with E-state index in [0.717, 1.165) is 25.9 Å². The Hall–Kier alpha value is -0.120. The van der Waals surface area contributed by atoms with Gasteiger partial charge >= 0.3 is 0 Å². The third kappa shape index (κ3) is 1.81. The summed E-state index contributed by atoms with van der Waals surface area (Å²) in [7, 11) is 0. The molecule has 4 atom stereocenters. The highest BCUT2D eigenvalue weighted by Gasteiger charge is 2.45. The van der Waals surface area contributed by atoms with Gasteiger partial charge in [0.1, 0.15) is 0 Å². The molecule has 1 N–H and O–H groups in total. The van der Waals surface area contributed by atoms with E-state index < -0.39 is 5.60 Å². The molecule has 1 saturated carbocycles. The second-order valence-electron chi connectivity index (χ2n) is 5.12. The fraction of sp³-hybridized carbons (Fsp3) is 1.00. The summed E-state index contributed by atoms with van der Waals surface area (Å²) in [4.78, 5) is 2.39. The molecule has 0 amide bonds. The van der Waals surface area contributed by atoms with Crippen LogP contribution in [-0.4, -0.2) is 46.9 Å². The molecule has 1 saturated heterocycles. The van der Waals surface area contributed by atoms with Gasteiger partial charge in [0.2, 0.25) is 0 Å². The zero-order valence-electron chi connectivity index (χ0n) is 9.36. The van der Waals surface area contributed by atoms with Crippen LogP contribution < -0.4 is 0 Å². The molecule has 0 spiro atoms. The predicted octanol–water partition coefficient (Wildman–Crippen LogP) is 1.01. The highest BCUT2D eigenvalue weighted by Crippen LogP contribution is 2.36. The molecule has 0 unspecified atom stereocenters. The molecule has 0 aromatic carbocycles. The average Bonchev–Trinajstić information content (AvgIpc) is 2.00. The number of nitrogens with zero attached hydrogens (tertiary/aromatic N) is 1. The highest BCUT2D eigenvalue weighted by atomic mass is 16.5. The van der Waals surface area contributed by atoms with Gasteiger partial charge in [-0.1, -0.05) is 0 Å². The molecule has 1 aliphatic carbocycles. The predicted molar refractivity (Wildman–Crippen MR) is 55.2 cm³/mol. The lowest BCUT2D eigenvalue weighted by atomic mass is 9.75. The smallest absolute Gasteiger partial charge is 0.0774 e. The van der Waals surface area contributed by atoms with Crippen LogP contribution in [0.2, 0.25) is 0 Å². The second kappa shape index (κ2) is 3.47. The summed E-state index contributed by atoms with van der Waals surface area (Å²) in [5.74, 6) is 0. The van der Waals surface area contributed by atoms with E-state index >= 15 is 0 Å². The van der Waals surface area contributed by atoms with Gasteiger partial charge in [0.05, 0.1) is 17.8 Å². The fourth-order valence-corrected chi connectivity index (χ4v) is 2.74. The molecule has 3 nitrogen and oxygen atoms in total. The summed E-state index contributed by atoms with van der Waals surface area (Å²) >= 11 is 0. The standard InChI is InChI=1S/C11H21NO2/c1-8-6-12(7-9(2)14-8)10-4-5-11(10,3)13/h8-10,13H,4-7H2,1-3H3/t8-,9+,10-,11-/m0/s1. The van der Waals surface area contributed by atoms with Gasteiger partial charge in [0.25, 0.3) is 0 Å². The number of hydrogen-bond donors (Lipinski definition) is 1. The minimum atomic E-state index is -0.462. The zero-order chi connectivity index (χ0) is 10.3. The number of aliphatic hydroxyl groups is 1. The lowest BCUT2D eigenvalue weighted by molar-refractivity contribution is -0.152. The van der Waals surface area contributed by atoms with Crippen LogP contribution in [0.25, 0.3) is 0 Å². The van der Waals surface area contributed by atoms with Crippen molar-refractivity contribution in [3.8, 4) is 0 Å². The van der Waals surface area contributed by atoms with Crippen molar-refractivity contribution in [3.63, 3.8) is 0 Å². The van der Waals surface area contributed by atoms with E-state index in [1.54, 1.807) is 0 Å². The molecule has 0 aromatic rings. The minimum Gasteiger partial charge on any atom is -0.389 e. The first-order valence-corrected chi connectivity index (χ1v) is 5.61. The molecule has 14 heavy (non-hydrogen) atoms. The molecular weight excluding hydrogens is 178 g/mol. The van der Waals surface area contributed by atoms with Crippen molar-refractivity contribution >= 4 is 0 Å². The van der Waals surface area contributed by atoms with Crippen LogP contribution in [0, 0.1) is 0 Å². The van der Waals surface area contributed by atoms with E-state index in [1.807, 2.05) is 6.92 Å². The third-order valence-electron chi connectivity index (χ3n) is 3.53. The van der Waals surface area contributed by atoms with Gasteiger partial charge in [-0.15, -0.1) is 0 Å². The fourth-order valence-electron chi connectivity index (χ4n) is 2.74. The second-order valence-corrected chi connectivity index (χ2v) is 5.12. The number of rotatable bonds is 1. The molecule has 1 aliphatic heterocycles. The van der Waals surface area contributed by atoms with Crippen LogP contribution in [0.15, 0.2) is 0 Å². The van der Waals surface area contributed by atoms with Crippen molar-refractivity contribution in [1.29, 1.82) is 0 Å². The average molecular weight is 199 g/mol. The van der Waals surface area contributed by atoms with Crippen molar-refractivity contribution in [1.82, 2.24) is 4.90 Å². The van der Waals surface area contributed by atoms with Crippen molar-refractivity contribution in [2.24, 2.45) is 0 Å². The normalized spacial score (nSPS) is 50.1. The van der Waals surface area contributed by atoms with Crippen LogP contribution in [0.5, 0.6) is 0 Å². The van der Waals surface area contributed by atoms with Gasteiger partial charge in [-0.05, 0) is 33.6 Å². The SMILES string of the molecule is C[C@@H]1CN([C@H]2CC[C@]2(C)O)C[C@H](C)O1. The lowest BCUT2D eigenvalue weighted by Gasteiger charge is -2.51. The molecule has 0 aromatic heterocycles. The van der Waals surface area contributed by atoms with Gasteiger partial charge in [-0.3, -0.25) is 4.90 Å². The molecular formula is C11H21NO2. The van der Waals surface area contributed by atoms with Gasteiger partial charge in [-0.25, -0.2) is 0 Å². The van der Waals surface area contributed by atoms with Crippen LogP contribution in [0.3, 0.4) is 0 Å². The number of morpholine rings is 1. The van der Waals surface area contributed by atoms with Crippen LogP contribution in [0.1, 0.15) is 33.6 Å². The van der Waals surface area contributed by atoms with Crippen LogP contribution in [0.4, 0.5) is 0 Å². The van der Waals surface area contributed by atoms with E-state index in [0.29, 0.717) is 18.2 Å². The largest absolute Gasteiger partial charge is 0.389 e. The summed E-state index contributed by atoms with van der Waals surface area (Å²) in [6.07, 6.45) is 2.68. The molecule has 2 aliphatic rings. The Morgan fingerprint density at radius 3 is 2.21 bits per heavy atom. The quantitative estimate of drug-likeness (QED) is 0.684. The third-order valence-corrected chi connectivity index (χ3v) is 3.53. The van der Waals surface area contributed by atoms with Crippen molar-refractivity contribution in [2.45, 2.75) is 57.5 Å². The Kier molecular flexibility index (Phi) is 2.58. The first-order valence-electron chi connectivity index (χ1n) is 5.61. The monoisotopic (exact) mass is 199 g/mol. The van der Waals surface area contributed by atoms with Gasteiger partial charge in [0.15, 0.2) is 0 Å². The maximum atomic E-state index is 10.0. The molecule has 2 fully saturated rings. The molecule has 0 radical (unpaired) electrons. The Morgan fingerprint density at radius 1 is 1.29 bits per heavy atom. The Morgan fingerprint density at radius 2 is 1.86 bits per heavy atom. The van der Waals surface area contributed by atoms with E-state index in [1.165, 1.54) is 0 Å². The van der Waals surface area contributed by atoms with Gasteiger partial charge in [0, 0.05) is 19.1 Å². The lowest BCUT2D eigenvalue weighted by Crippen LogP contribution is -2.62. The molecule has 1 heterocycles. The van der Waals surface area contributed by atoms with Crippen molar-refractivity contribution in [3.05, 3.63) is 0 Å². The Balaban J connectivity index is 1.97. The summed E-state index contributed by atoms with van der Waals surface area (Å²) in [6.45, 7) is 8.09. The first-order chi connectivity index (χ1) is 6.49.